The number of fused-ring (bicyclic) bond motifs is 10. The quantitative estimate of drug-likeness (QED) is 0.338. The molecule has 6 aliphatic rings. The van der Waals surface area contributed by atoms with Gasteiger partial charge in [0.1, 0.15) is 6.10 Å². The summed E-state index contributed by atoms with van der Waals surface area (Å²) in [5.41, 5.74) is 10.7. The van der Waals surface area contributed by atoms with Gasteiger partial charge in [-0.25, -0.2) is 0 Å². The molecule has 2 saturated heterocycles. The lowest BCUT2D eigenvalue weighted by molar-refractivity contribution is -0.286. The van der Waals surface area contributed by atoms with Crippen LogP contribution in [0.5, 0.6) is 0 Å². The lowest BCUT2D eigenvalue weighted by atomic mass is 9.69. The van der Waals surface area contributed by atoms with Gasteiger partial charge in [-0.1, -0.05) is 38.1 Å². The summed E-state index contributed by atoms with van der Waals surface area (Å²) < 4.78 is 26.9. The van der Waals surface area contributed by atoms with Crippen LogP contribution in [0, 0.1) is 5.92 Å². The molecule has 230 valence electrons. The average Bonchev–Trinajstić information content (AvgIpc) is 3.77. The van der Waals surface area contributed by atoms with Gasteiger partial charge in [0.05, 0.1) is 29.0 Å². The Morgan fingerprint density at radius 1 is 0.651 bits per heavy atom. The summed E-state index contributed by atoms with van der Waals surface area (Å²) in [6, 6.07) is 9.66. The number of hydrogen-bond acceptors (Lipinski definition) is 4. The molecule has 6 atom stereocenters. The molecule has 2 aliphatic heterocycles. The molecule has 0 N–H and O–H groups in total. The molecular weight excluding hydrogens is 531 g/mol. The Labute approximate surface area is 259 Å². The van der Waals surface area contributed by atoms with Gasteiger partial charge >= 0.3 is 7.12 Å². The Morgan fingerprint density at radius 2 is 1.16 bits per heavy atom. The molecular formula is C38H51BO4. The Hall–Kier alpha value is -1.66. The summed E-state index contributed by atoms with van der Waals surface area (Å²) in [6.45, 7) is 20.5. The third-order valence-corrected chi connectivity index (χ3v) is 13.6. The zero-order chi connectivity index (χ0) is 30.3. The first-order valence-corrected chi connectivity index (χ1v) is 17.2. The summed E-state index contributed by atoms with van der Waals surface area (Å²) in [4.78, 5) is 0. The number of hydrogen-bond donors (Lipinski definition) is 0. The van der Waals surface area contributed by atoms with Gasteiger partial charge in [0.15, 0.2) is 0 Å². The molecule has 0 aromatic heterocycles. The van der Waals surface area contributed by atoms with Crippen molar-refractivity contribution in [2.24, 2.45) is 5.92 Å². The fourth-order valence-electron chi connectivity index (χ4n) is 9.98. The molecule has 2 aromatic carbocycles. The maximum Gasteiger partial charge on any atom is 0.495 e. The summed E-state index contributed by atoms with van der Waals surface area (Å²) in [5.74, 6) is 2.96. The van der Waals surface area contributed by atoms with E-state index in [0.717, 1.165) is 0 Å². The SMILES string of the molecule is CC(C)C1(C)OCC(c2ccc(-c3ccc(B4OC(C)(C)C(C)(C)O4)c4c3C3CCC4C3)c3c2C2CCC3C2)OC1(C)C. The van der Waals surface area contributed by atoms with Crippen molar-refractivity contribution in [1.29, 1.82) is 0 Å². The summed E-state index contributed by atoms with van der Waals surface area (Å²) in [6.07, 6.45) is 7.77. The molecule has 4 bridgehead atoms. The van der Waals surface area contributed by atoms with Crippen molar-refractivity contribution in [3.63, 3.8) is 0 Å². The van der Waals surface area contributed by atoms with Gasteiger partial charge in [0.25, 0.3) is 0 Å². The van der Waals surface area contributed by atoms with Crippen LogP contribution < -0.4 is 5.46 Å². The van der Waals surface area contributed by atoms with E-state index in [1.54, 1.807) is 22.3 Å². The number of rotatable bonds is 4. The highest BCUT2D eigenvalue weighted by Crippen LogP contribution is 2.61. The van der Waals surface area contributed by atoms with Crippen molar-refractivity contribution in [3.8, 4) is 11.1 Å². The molecule has 2 saturated carbocycles. The zero-order valence-corrected chi connectivity index (χ0v) is 27.9. The van der Waals surface area contributed by atoms with E-state index in [1.165, 1.54) is 60.7 Å². The van der Waals surface area contributed by atoms with E-state index in [2.05, 4.69) is 86.6 Å². The molecule has 5 heteroatoms. The standard InChI is InChI=1S/C38H51BO4/c1-21(2)38(9)37(7,8)41-30(20-40-38)28-15-14-26(31-22-10-11-24(18-22)33(28)31)27-16-17-29(34-25-13-12-23(19-25)32(27)34)39-42-35(3,4)36(5,6)43-39/h14-17,21-25,30H,10-13,18-20H2,1-9H3. The topological polar surface area (TPSA) is 36.9 Å². The van der Waals surface area contributed by atoms with Crippen molar-refractivity contribution in [1.82, 2.24) is 0 Å². The average molecular weight is 583 g/mol. The first-order chi connectivity index (χ1) is 20.2. The smallest absolute Gasteiger partial charge is 0.399 e. The monoisotopic (exact) mass is 582 g/mol. The first-order valence-electron chi connectivity index (χ1n) is 17.2. The van der Waals surface area contributed by atoms with Gasteiger partial charge in [0.2, 0.25) is 0 Å². The van der Waals surface area contributed by atoms with Gasteiger partial charge in [-0.05, 0) is 161 Å². The van der Waals surface area contributed by atoms with Gasteiger partial charge in [0, 0.05) is 0 Å². The molecule has 4 aliphatic carbocycles. The van der Waals surface area contributed by atoms with E-state index in [-0.39, 0.29) is 35.6 Å². The summed E-state index contributed by atoms with van der Waals surface area (Å²) in [5, 5.41) is 0. The highest BCUT2D eigenvalue weighted by atomic mass is 16.7. The normalized spacial score (nSPS) is 36.0. The van der Waals surface area contributed by atoms with Crippen LogP contribution in [0.1, 0.15) is 158 Å². The van der Waals surface area contributed by atoms with Crippen molar-refractivity contribution >= 4 is 12.6 Å². The molecule has 2 aromatic rings. The zero-order valence-electron chi connectivity index (χ0n) is 27.9. The van der Waals surface area contributed by atoms with Gasteiger partial charge in [-0.3, -0.25) is 0 Å². The third-order valence-electron chi connectivity index (χ3n) is 13.6. The highest BCUT2D eigenvalue weighted by molar-refractivity contribution is 6.62. The Morgan fingerprint density at radius 3 is 1.72 bits per heavy atom. The van der Waals surface area contributed by atoms with Crippen LogP contribution in [-0.2, 0) is 18.8 Å². The lowest BCUT2D eigenvalue weighted by Crippen LogP contribution is -2.59. The second-order valence-electron chi connectivity index (χ2n) is 16.8. The Kier molecular flexibility index (Phi) is 6.17. The van der Waals surface area contributed by atoms with Crippen LogP contribution in [0.2, 0.25) is 0 Å². The number of benzene rings is 2. The first kappa shape index (κ1) is 28.8. The predicted molar refractivity (Wildman–Crippen MR) is 173 cm³/mol. The maximum atomic E-state index is 6.98. The fourth-order valence-corrected chi connectivity index (χ4v) is 9.98. The van der Waals surface area contributed by atoms with Crippen molar-refractivity contribution < 1.29 is 18.8 Å². The Bertz CT molecular complexity index is 1470. The van der Waals surface area contributed by atoms with Gasteiger partial charge in [-0.2, -0.15) is 0 Å². The highest BCUT2D eigenvalue weighted by Gasteiger charge is 2.55. The van der Waals surface area contributed by atoms with Crippen LogP contribution in [-0.4, -0.2) is 36.1 Å². The van der Waals surface area contributed by atoms with Crippen molar-refractivity contribution in [3.05, 3.63) is 52.1 Å². The molecule has 2 heterocycles. The molecule has 4 nitrogen and oxygen atoms in total. The van der Waals surface area contributed by atoms with Gasteiger partial charge < -0.3 is 18.8 Å². The molecule has 4 fully saturated rings. The van der Waals surface area contributed by atoms with E-state index in [9.17, 15) is 0 Å². The summed E-state index contributed by atoms with van der Waals surface area (Å²) in [7, 11) is -0.292. The van der Waals surface area contributed by atoms with Crippen LogP contribution in [0.3, 0.4) is 0 Å². The minimum atomic E-state index is -0.364. The second kappa shape index (κ2) is 9.21. The molecule has 0 radical (unpaired) electrons. The van der Waals surface area contributed by atoms with Crippen molar-refractivity contribution in [2.45, 2.75) is 153 Å². The molecule has 8 rings (SSSR count). The van der Waals surface area contributed by atoms with Crippen molar-refractivity contribution in [2.75, 3.05) is 6.61 Å². The van der Waals surface area contributed by atoms with Gasteiger partial charge in [-0.15, -0.1) is 0 Å². The van der Waals surface area contributed by atoms with E-state index in [4.69, 9.17) is 18.8 Å². The molecule has 0 amide bonds. The molecule has 6 unspecified atom stereocenters. The van der Waals surface area contributed by atoms with Crippen LogP contribution in [0.25, 0.3) is 11.1 Å². The number of ether oxygens (including phenoxy) is 2. The van der Waals surface area contributed by atoms with E-state index < -0.39 is 0 Å². The van der Waals surface area contributed by atoms with Crippen LogP contribution >= 0.6 is 0 Å². The lowest BCUT2D eigenvalue weighted by Gasteiger charge is -2.52. The second-order valence-corrected chi connectivity index (χ2v) is 16.8. The maximum absolute atomic E-state index is 6.98. The van der Waals surface area contributed by atoms with E-state index >= 15 is 0 Å². The van der Waals surface area contributed by atoms with Crippen LogP contribution in [0.15, 0.2) is 24.3 Å². The third kappa shape index (κ3) is 3.90. The molecule has 0 spiro atoms. The largest absolute Gasteiger partial charge is 0.495 e. The summed E-state index contributed by atoms with van der Waals surface area (Å²) >= 11 is 0. The predicted octanol–water partition coefficient (Wildman–Crippen LogP) is 8.66. The fraction of sp³-hybridized carbons (Fsp3) is 0.684. The van der Waals surface area contributed by atoms with Crippen LogP contribution in [0.4, 0.5) is 0 Å². The minimum absolute atomic E-state index is 0.0172. The minimum Gasteiger partial charge on any atom is -0.399 e. The van der Waals surface area contributed by atoms with E-state index in [1.807, 2.05) is 0 Å². The molecule has 43 heavy (non-hydrogen) atoms. The Balaban J connectivity index is 1.22. The van der Waals surface area contributed by atoms with E-state index in [0.29, 0.717) is 36.2 Å².